The second-order valence-electron chi connectivity index (χ2n) is 4.12. The van der Waals surface area contributed by atoms with Crippen LogP contribution < -0.4 is 5.48 Å². The Morgan fingerprint density at radius 2 is 1.74 bits per heavy atom. The molecule has 6 nitrogen and oxygen atoms in total. The van der Waals surface area contributed by atoms with Gasteiger partial charge in [-0.25, -0.2) is 4.79 Å². The number of carbonyl (C=O) groups is 2. The van der Waals surface area contributed by atoms with E-state index in [0.29, 0.717) is 0 Å². The Hall–Kier alpha value is -1.92. The maximum Gasteiger partial charge on any atom is 0.338 e. The third kappa shape index (κ3) is 2.59. The molecule has 0 aromatic heterocycles. The number of nitrogens with one attached hydrogen (secondary N) is 1. The molecule has 1 aromatic rings. The minimum absolute atomic E-state index is 0.447. The third-order valence-electron chi connectivity index (χ3n) is 3.07. The molecule has 1 aliphatic heterocycles. The van der Waals surface area contributed by atoms with Crippen molar-refractivity contribution in [3.05, 3.63) is 35.9 Å². The highest BCUT2D eigenvalue weighted by molar-refractivity contribution is 5.85. The van der Waals surface area contributed by atoms with Crippen LogP contribution in [0.3, 0.4) is 0 Å². The summed E-state index contributed by atoms with van der Waals surface area (Å²) in [5, 5.41) is 0. The SMILES string of the molecule is COC(=O)[C@@H]1[C@@H](C(=O)OC)ON[C@H]1c1ccccc1. The number of ether oxygens (including phenoxy) is 2. The van der Waals surface area contributed by atoms with E-state index in [0.717, 1.165) is 5.56 Å². The predicted octanol–water partition coefficient (Wildman–Crippen LogP) is 0.593. The molecule has 1 aromatic carbocycles. The Balaban J connectivity index is 2.29. The van der Waals surface area contributed by atoms with Gasteiger partial charge in [0, 0.05) is 0 Å². The molecule has 19 heavy (non-hydrogen) atoms. The van der Waals surface area contributed by atoms with Crippen molar-refractivity contribution in [2.24, 2.45) is 5.92 Å². The number of hydrogen-bond acceptors (Lipinski definition) is 6. The number of esters is 2. The van der Waals surface area contributed by atoms with E-state index in [2.05, 4.69) is 10.2 Å². The van der Waals surface area contributed by atoms with E-state index in [1.165, 1.54) is 14.2 Å². The molecule has 3 atom stereocenters. The summed E-state index contributed by atoms with van der Waals surface area (Å²) in [5.74, 6) is -1.91. The summed E-state index contributed by atoms with van der Waals surface area (Å²) >= 11 is 0. The zero-order chi connectivity index (χ0) is 13.8. The highest BCUT2D eigenvalue weighted by atomic mass is 16.7. The topological polar surface area (TPSA) is 73.9 Å². The zero-order valence-corrected chi connectivity index (χ0v) is 10.7. The van der Waals surface area contributed by atoms with Crippen molar-refractivity contribution in [3.63, 3.8) is 0 Å². The first kappa shape index (κ1) is 13.5. The summed E-state index contributed by atoms with van der Waals surface area (Å²) in [7, 11) is 2.52. The van der Waals surface area contributed by atoms with Gasteiger partial charge in [-0.05, 0) is 5.56 Å². The normalized spacial score (nSPS) is 25.9. The second kappa shape index (κ2) is 5.81. The summed E-state index contributed by atoms with van der Waals surface area (Å²) < 4.78 is 9.38. The first-order valence-corrected chi connectivity index (χ1v) is 5.80. The molecule has 1 heterocycles. The summed E-state index contributed by atoms with van der Waals surface area (Å²) in [4.78, 5) is 28.7. The summed E-state index contributed by atoms with van der Waals surface area (Å²) in [6.45, 7) is 0. The number of carbonyl (C=O) groups excluding carboxylic acids is 2. The van der Waals surface area contributed by atoms with Crippen LogP contribution in [0.15, 0.2) is 30.3 Å². The lowest BCUT2D eigenvalue weighted by atomic mass is 9.90. The monoisotopic (exact) mass is 265 g/mol. The molecule has 0 spiro atoms. The lowest BCUT2D eigenvalue weighted by Crippen LogP contribution is -2.35. The average Bonchev–Trinajstić information content (AvgIpc) is 2.91. The van der Waals surface area contributed by atoms with Gasteiger partial charge in [0.25, 0.3) is 0 Å². The van der Waals surface area contributed by atoms with E-state index in [1.807, 2.05) is 30.3 Å². The Bertz CT molecular complexity index is 461. The smallest absolute Gasteiger partial charge is 0.338 e. The standard InChI is InChI=1S/C13H15NO5/c1-17-12(15)9-10(8-6-4-3-5-7-8)14-19-11(9)13(16)18-2/h3-7,9-11,14H,1-2H3/t9-,10-,11-/m0/s1. The first-order chi connectivity index (χ1) is 9.19. The van der Waals surface area contributed by atoms with Crippen molar-refractivity contribution >= 4 is 11.9 Å². The molecule has 1 aliphatic rings. The molecular weight excluding hydrogens is 250 g/mol. The minimum atomic E-state index is -1.01. The van der Waals surface area contributed by atoms with Gasteiger partial charge in [-0.1, -0.05) is 30.3 Å². The lowest BCUT2D eigenvalue weighted by molar-refractivity contribution is -0.162. The molecule has 102 valence electrons. The van der Waals surface area contributed by atoms with Crippen molar-refractivity contribution < 1.29 is 23.9 Å². The van der Waals surface area contributed by atoms with Gasteiger partial charge >= 0.3 is 11.9 Å². The highest BCUT2D eigenvalue weighted by Gasteiger charge is 2.48. The fraction of sp³-hybridized carbons (Fsp3) is 0.385. The van der Waals surface area contributed by atoms with Crippen molar-refractivity contribution in [2.45, 2.75) is 12.1 Å². The molecule has 0 bridgehead atoms. The van der Waals surface area contributed by atoms with Gasteiger partial charge in [-0.3, -0.25) is 9.63 Å². The molecular formula is C13H15NO5. The van der Waals surface area contributed by atoms with Crippen LogP contribution in [0.5, 0.6) is 0 Å². The van der Waals surface area contributed by atoms with E-state index in [1.54, 1.807) is 0 Å². The summed E-state index contributed by atoms with van der Waals surface area (Å²) in [6.07, 6.45) is -1.01. The van der Waals surface area contributed by atoms with Crippen LogP contribution in [-0.4, -0.2) is 32.3 Å². The number of hydrogen-bond donors (Lipinski definition) is 1. The zero-order valence-electron chi connectivity index (χ0n) is 10.7. The summed E-state index contributed by atoms with van der Waals surface area (Å²) in [5.41, 5.74) is 3.54. The van der Waals surface area contributed by atoms with Gasteiger partial charge in [-0.15, -0.1) is 0 Å². The molecule has 1 N–H and O–H groups in total. The second-order valence-corrected chi connectivity index (χ2v) is 4.12. The fourth-order valence-electron chi connectivity index (χ4n) is 2.11. The van der Waals surface area contributed by atoms with Gasteiger partial charge in [0.15, 0.2) is 6.10 Å². The van der Waals surface area contributed by atoms with E-state index >= 15 is 0 Å². The Kier molecular flexibility index (Phi) is 4.13. The van der Waals surface area contributed by atoms with E-state index in [9.17, 15) is 9.59 Å². The van der Waals surface area contributed by atoms with Crippen LogP contribution in [0.1, 0.15) is 11.6 Å². The Morgan fingerprint density at radius 3 is 2.32 bits per heavy atom. The minimum Gasteiger partial charge on any atom is -0.469 e. The predicted molar refractivity (Wildman–Crippen MR) is 64.7 cm³/mol. The Labute approximate surface area is 110 Å². The fourth-order valence-corrected chi connectivity index (χ4v) is 2.11. The van der Waals surface area contributed by atoms with Crippen molar-refractivity contribution in [1.29, 1.82) is 0 Å². The van der Waals surface area contributed by atoms with Crippen LogP contribution in [0.25, 0.3) is 0 Å². The van der Waals surface area contributed by atoms with Crippen LogP contribution in [0, 0.1) is 5.92 Å². The first-order valence-electron chi connectivity index (χ1n) is 5.80. The quantitative estimate of drug-likeness (QED) is 0.806. The van der Waals surface area contributed by atoms with E-state index in [4.69, 9.17) is 9.57 Å². The van der Waals surface area contributed by atoms with E-state index in [-0.39, 0.29) is 0 Å². The van der Waals surface area contributed by atoms with Gasteiger partial charge < -0.3 is 9.47 Å². The highest BCUT2D eigenvalue weighted by Crippen LogP contribution is 2.33. The largest absolute Gasteiger partial charge is 0.469 e. The lowest BCUT2D eigenvalue weighted by Gasteiger charge is -2.18. The molecule has 1 fully saturated rings. The number of methoxy groups -OCH3 is 2. The van der Waals surface area contributed by atoms with Crippen LogP contribution in [0.2, 0.25) is 0 Å². The van der Waals surface area contributed by atoms with Crippen molar-refractivity contribution in [3.8, 4) is 0 Å². The maximum atomic E-state index is 11.9. The molecule has 1 saturated heterocycles. The molecule has 0 amide bonds. The van der Waals surface area contributed by atoms with Crippen molar-refractivity contribution in [2.75, 3.05) is 14.2 Å². The molecule has 0 unspecified atom stereocenters. The average molecular weight is 265 g/mol. The van der Waals surface area contributed by atoms with Gasteiger partial charge in [-0.2, -0.15) is 5.48 Å². The Morgan fingerprint density at radius 1 is 1.11 bits per heavy atom. The van der Waals surface area contributed by atoms with Gasteiger partial charge in [0.05, 0.1) is 20.3 Å². The summed E-state index contributed by atoms with van der Waals surface area (Å²) in [6, 6.07) is 8.79. The van der Waals surface area contributed by atoms with Gasteiger partial charge in [0.1, 0.15) is 5.92 Å². The molecule has 2 rings (SSSR count). The molecule has 0 radical (unpaired) electrons. The van der Waals surface area contributed by atoms with Crippen LogP contribution in [0.4, 0.5) is 0 Å². The van der Waals surface area contributed by atoms with E-state index < -0.39 is 30.0 Å². The number of rotatable bonds is 3. The van der Waals surface area contributed by atoms with Crippen LogP contribution in [-0.2, 0) is 23.9 Å². The maximum absolute atomic E-state index is 11.9. The number of benzene rings is 1. The molecule has 6 heteroatoms. The third-order valence-corrected chi connectivity index (χ3v) is 3.07. The van der Waals surface area contributed by atoms with Gasteiger partial charge in [0.2, 0.25) is 0 Å². The van der Waals surface area contributed by atoms with Crippen molar-refractivity contribution in [1.82, 2.24) is 5.48 Å². The van der Waals surface area contributed by atoms with Crippen LogP contribution >= 0.6 is 0 Å². The number of hydroxylamine groups is 1. The molecule has 0 saturated carbocycles. The molecule has 0 aliphatic carbocycles.